The Labute approximate surface area is 135 Å². The summed E-state index contributed by atoms with van der Waals surface area (Å²) in [5.41, 5.74) is 4.33. The van der Waals surface area contributed by atoms with Crippen molar-refractivity contribution in [2.24, 2.45) is 0 Å². The van der Waals surface area contributed by atoms with Gasteiger partial charge in [-0.1, -0.05) is 0 Å². The number of phosphoric ester groups is 1. The Hall–Kier alpha value is -0.803. The monoisotopic (exact) mass is 330 g/mol. The maximum Gasteiger partial charge on any atom is 1.00 e. The molecule has 0 spiro atoms. The average Bonchev–Trinajstić information content (AvgIpc) is 2.64. The standard InChI is InChI=1S/C8H13N4O8P.Li/c9-7-10-2-12(8(15)11-7)6-5(14)4(13)3(20-6)1-19-21(16,17)18;/h2-6,13-14H,1H2,(H2,9,11,15)(H2,16,17,18);/q;+1/p-1. The maximum atomic E-state index is 11.6. The van der Waals surface area contributed by atoms with Gasteiger partial charge in [-0.05, 0) is 0 Å². The summed E-state index contributed by atoms with van der Waals surface area (Å²) in [7, 11) is -5.00. The second-order valence-corrected chi connectivity index (χ2v) is 5.41. The molecule has 5 N–H and O–H groups in total. The van der Waals surface area contributed by atoms with Crippen LogP contribution in [-0.4, -0.2) is 54.6 Å². The number of hydrogen-bond acceptors (Lipinski definition) is 10. The first-order chi connectivity index (χ1) is 9.69. The number of anilines is 1. The molecule has 0 radical (unpaired) electrons. The van der Waals surface area contributed by atoms with Crippen LogP contribution in [-0.2, 0) is 13.8 Å². The van der Waals surface area contributed by atoms with E-state index in [9.17, 15) is 24.5 Å². The van der Waals surface area contributed by atoms with Gasteiger partial charge in [0.05, 0.1) is 6.61 Å². The zero-order chi connectivity index (χ0) is 15.8. The van der Waals surface area contributed by atoms with E-state index in [1.165, 1.54) is 0 Å². The molecule has 0 bridgehead atoms. The molecular formula is C8H12LiN4O8P. The molecule has 2 heterocycles. The number of hydrogen-bond donors (Lipinski definition) is 4. The largest absolute Gasteiger partial charge is 1.00 e. The van der Waals surface area contributed by atoms with Crippen molar-refractivity contribution in [1.29, 1.82) is 0 Å². The van der Waals surface area contributed by atoms with Gasteiger partial charge in [-0.3, -0.25) is 9.13 Å². The minimum Gasteiger partial charge on any atom is -0.756 e. The van der Waals surface area contributed by atoms with Crippen molar-refractivity contribution in [1.82, 2.24) is 14.5 Å². The van der Waals surface area contributed by atoms with Crippen LogP contribution in [0.25, 0.3) is 0 Å². The summed E-state index contributed by atoms with van der Waals surface area (Å²) in [4.78, 5) is 37.4. The first kappa shape index (κ1) is 19.2. The Morgan fingerprint density at radius 2 is 2.14 bits per heavy atom. The Morgan fingerprint density at radius 1 is 1.50 bits per heavy atom. The van der Waals surface area contributed by atoms with Gasteiger partial charge in [0.2, 0.25) is 5.95 Å². The molecule has 5 unspecified atom stereocenters. The quantitative estimate of drug-likeness (QED) is 0.303. The first-order valence-electron chi connectivity index (χ1n) is 5.59. The number of rotatable bonds is 4. The minimum atomic E-state index is -5.00. The molecule has 22 heavy (non-hydrogen) atoms. The number of aromatic nitrogens is 3. The average molecular weight is 330 g/mol. The summed E-state index contributed by atoms with van der Waals surface area (Å²) in [6.07, 6.45) is -4.80. The number of aliphatic hydroxyl groups excluding tert-OH is 2. The van der Waals surface area contributed by atoms with E-state index in [2.05, 4.69) is 14.5 Å². The third-order valence-electron chi connectivity index (χ3n) is 2.76. The SMILES string of the molecule is Nc1ncn(C2OC(COP(=O)([O-])O)C(O)C2O)c(=O)n1.[Li+]. The van der Waals surface area contributed by atoms with Crippen molar-refractivity contribution in [2.45, 2.75) is 24.5 Å². The van der Waals surface area contributed by atoms with Crippen LogP contribution >= 0.6 is 7.82 Å². The predicted octanol–water partition coefficient (Wildman–Crippen LogP) is -6.68. The number of phosphoric acid groups is 1. The summed E-state index contributed by atoms with van der Waals surface area (Å²) in [6, 6.07) is 0. The van der Waals surface area contributed by atoms with Gasteiger partial charge >= 0.3 is 24.6 Å². The molecule has 0 amide bonds. The molecule has 5 atom stereocenters. The number of nitrogens with zero attached hydrogens (tertiary/aromatic N) is 3. The molecule has 1 saturated heterocycles. The fourth-order valence-corrected chi connectivity index (χ4v) is 2.13. The fraction of sp³-hybridized carbons (Fsp3) is 0.625. The molecule has 0 aromatic carbocycles. The van der Waals surface area contributed by atoms with Crippen LogP contribution in [0, 0.1) is 0 Å². The van der Waals surface area contributed by atoms with Gasteiger partial charge in [0.25, 0.3) is 7.82 Å². The van der Waals surface area contributed by atoms with Gasteiger partial charge in [0, 0.05) is 0 Å². The molecule has 12 nitrogen and oxygen atoms in total. The molecule has 118 valence electrons. The van der Waals surface area contributed by atoms with Crippen LogP contribution in [0.5, 0.6) is 0 Å². The second kappa shape index (κ2) is 7.18. The van der Waals surface area contributed by atoms with Crippen LogP contribution in [0.4, 0.5) is 5.95 Å². The molecule has 2 rings (SSSR count). The molecule has 1 aliphatic heterocycles. The Morgan fingerprint density at radius 3 is 2.68 bits per heavy atom. The molecule has 1 fully saturated rings. The van der Waals surface area contributed by atoms with E-state index in [1.54, 1.807) is 0 Å². The van der Waals surface area contributed by atoms with E-state index in [1.807, 2.05) is 0 Å². The summed E-state index contributed by atoms with van der Waals surface area (Å²) in [6.45, 7) is -0.739. The summed E-state index contributed by atoms with van der Waals surface area (Å²) >= 11 is 0. The molecule has 0 aliphatic carbocycles. The number of ether oxygens (including phenoxy) is 1. The zero-order valence-electron chi connectivity index (χ0n) is 11.3. The van der Waals surface area contributed by atoms with E-state index < -0.39 is 44.7 Å². The molecule has 1 aromatic heterocycles. The van der Waals surface area contributed by atoms with Gasteiger partial charge in [0.1, 0.15) is 24.6 Å². The Kier molecular flexibility index (Phi) is 6.28. The normalized spacial score (nSPS) is 30.5. The van der Waals surface area contributed by atoms with Crippen LogP contribution in [0.3, 0.4) is 0 Å². The Balaban J connectivity index is 0.00000242. The van der Waals surface area contributed by atoms with Crippen LogP contribution in [0.15, 0.2) is 11.1 Å². The van der Waals surface area contributed by atoms with Gasteiger partial charge in [-0.2, -0.15) is 4.98 Å². The molecule has 0 saturated carbocycles. The van der Waals surface area contributed by atoms with Crippen LogP contribution in [0.2, 0.25) is 0 Å². The smallest absolute Gasteiger partial charge is 0.756 e. The summed E-state index contributed by atoms with van der Waals surface area (Å²) < 4.78 is 20.5. The molecule has 14 heteroatoms. The summed E-state index contributed by atoms with van der Waals surface area (Å²) in [5, 5.41) is 19.5. The van der Waals surface area contributed by atoms with E-state index in [0.29, 0.717) is 0 Å². The molecular weight excluding hydrogens is 318 g/mol. The van der Waals surface area contributed by atoms with Crippen molar-refractivity contribution in [2.75, 3.05) is 12.3 Å². The van der Waals surface area contributed by atoms with Crippen molar-refractivity contribution in [3.63, 3.8) is 0 Å². The van der Waals surface area contributed by atoms with Crippen molar-refractivity contribution < 1.29 is 52.7 Å². The first-order valence-corrected chi connectivity index (χ1v) is 7.09. The Bertz CT molecular complexity index is 622. The third kappa shape index (κ3) is 4.36. The van der Waals surface area contributed by atoms with Gasteiger partial charge in [0.15, 0.2) is 6.23 Å². The minimum absolute atomic E-state index is 0. The van der Waals surface area contributed by atoms with Gasteiger partial charge in [-0.25, -0.2) is 9.78 Å². The van der Waals surface area contributed by atoms with Crippen molar-refractivity contribution in [3.05, 3.63) is 16.8 Å². The number of aliphatic hydroxyl groups is 2. The fourth-order valence-electron chi connectivity index (χ4n) is 1.79. The zero-order valence-corrected chi connectivity index (χ0v) is 12.2. The van der Waals surface area contributed by atoms with E-state index in [0.717, 1.165) is 10.9 Å². The van der Waals surface area contributed by atoms with E-state index in [4.69, 9.17) is 15.4 Å². The molecule has 1 aliphatic rings. The molecule has 1 aromatic rings. The van der Waals surface area contributed by atoms with Crippen LogP contribution in [0.1, 0.15) is 6.23 Å². The van der Waals surface area contributed by atoms with Crippen LogP contribution < -0.4 is 35.2 Å². The maximum absolute atomic E-state index is 11.6. The van der Waals surface area contributed by atoms with Crippen molar-refractivity contribution in [3.8, 4) is 0 Å². The predicted molar refractivity (Wildman–Crippen MR) is 62.4 cm³/mol. The van der Waals surface area contributed by atoms with Gasteiger partial charge < -0.3 is 35.0 Å². The van der Waals surface area contributed by atoms with Gasteiger partial charge in [-0.15, -0.1) is 0 Å². The number of nitrogen functional groups attached to an aromatic ring is 1. The van der Waals surface area contributed by atoms with Crippen molar-refractivity contribution >= 4 is 13.8 Å². The summed E-state index contributed by atoms with van der Waals surface area (Å²) in [5.74, 6) is -0.281. The third-order valence-corrected chi connectivity index (χ3v) is 3.23. The topological polar surface area (TPSA) is 193 Å². The second-order valence-electron chi connectivity index (χ2n) is 4.22. The van der Waals surface area contributed by atoms with E-state index in [-0.39, 0.29) is 24.8 Å². The van der Waals surface area contributed by atoms with E-state index >= 15 is 0 Å². The number of nitrogens with two attached hydrogens (primary N) is 1.